The van der Waals surface area contributed by atoms with Crippen LogP contribution in [0.4, 0.5) is 0 Å². The van der Waals surface area contributed by atoms with E-state index >= 15 is 0 Å². The van der Waals surface area contributed by atoms with Crippen LogP contribution in [0.2, 0.25) is 0 Å². The van der Waals surface area contributed by atoms with Gasteiger partial charge in [0.2, 0.25) is 0 Å². The number of hydrogen-bond acceptors (Lipinski definition) is 4. The van der Waals surface area contributed by atoms with Crippen molar-refractivity contribution in [3.63, 3.8) is 0 Å². The van der Waals surface area contributed by atoms with E-state index in [-0.39, 0.29) is 11.9 Å². The fourth-order valence-electron chi connectivity index (χ4n) is 1.90. The molecule has 0 spiro atoms. The summed E-state index contributed by atoms with van der Waals surface area (Å²) < 4.78 is 0. The molecule has 20 heavy (non-hydrogen) atoms. The van der Waals surface area contributed by atoms with Gasteiger partial charge in [-0.15, -0.1) is 10.2 Å². The summed E-state index contributed by atoms with van der Waals surface area (Å²) >= 11 is 0. The Morgan fingerprint density at radius 2 is 2.10 bits per heavy atom. The number of aryl methyl sites for hydroxylation is 1. The summed E-state index contributed by atoms with van der Waals surface area (Å²) in [4.78, 5) is 12.1. The zero-order chi connectivity index (χ0) is 14.4. The van der Waals surface area contributed by atoms with Gasteiger partial charge in [0, 0.05) is 5.56 Å². The van der Waals surface area contributed by atoms with Crippen LogP contribution in [0.5, 0.6) is 0 Å². The molecule has 2 rings (SSSR count). The highest BCUT2D eigenvalue weighted by atomic mass is 16.1. The van der Waals surface area contributed by atoms with Crippen molar-refractivity contribution in [2.45, 2.75) is 39.2 Å². The Balaban J connectivity index is 1.95. The van der Waals surface area contributed by atoms with E-state index in [9.17, 15) is 4.79 Å². The van der Waals surface area contributed by atoms with Gasteiger partial charge in [0.1, 0.15) is 0 Å². The molecule has 1 atom stereocenters. The number of aromatic nitrogens is 4. The summed E-state index contributed by atoms with van der Waals surface area (Å²) in [7, 11) is 0. The second-order valence-electron chi connectivity index (χ2n) is 4.77. The monoisotopic (exact) mass is 273 g/mol. The molecule has 0 saturated heterocycles. The third-order valence-electron chi connectivity index (χ3n) is 3.13. The molecular formula is C14H19N5O. The molecule has 0 bridgehead atoms. The van der Waals surface area contributed by atoms with Gasteiger partial charge in [-0.05, 0) is 37.5 Å². The molecule has 1 heterocycles. The van der Waals surface area contributed by atoms with Gasteiger partial charge in [-0.3, -0.25) is 4.79 Å². The summed E-state index contributed by atoms with van der Waals surface area (Å²) in [6.07, 6.45) is 3.39. The number of amides is 1. The first kappa shape index (κ1) is 14.2. The van der Waals surface area contributed by atoms with E-state index in [0.717, 1.165) is 6.42 Å². The first-order valence-electron chi connectivity index (χ1n) is 6.84. The van der Waals surface area contributed by atoms with Crippen molar-refractivity contribution in [3.05, 3.63) is 41.2 Å². The Morgan fingerprint density at radius 1 is 1.35 bits per heavy atom. The fraction of sp³-hybridized carbons (Fsp3) is 0.429. The number of carbonyl (C=O) groups is 1. The third-order valence-corrected chi connectivity index (χ3v) is 3.13. The van der Waals surface area contributed by atoms with Crippen molar-refractivity contribution in [1.82, 2.24) is 25.9 Å². The highest BCUT2D eigenvalue weighted by molar-refractivity contribution is 5.94. The van der Waals surface area contributed by atoms with Gasteiger partial charge < -0.3 is 5.32 Å². The number of rotatable bonds is 6. The van der Waals surface area contributed by atoms with Crippen molar-refractivity contribution in [1.29, 1.82) is 0 Å². The molecule has 1 amide bonds. The third kappa shape index (κ3) is 3.63. The van der Waals surface area contributed by atoms with Crippen LogP contribution in [-0.2, 0) is 6.42 Å². The number of hydrogen-bond donors (Lipinski definition) is 2. The Morgan fingerprint density at radius 3 is 2.70 bits per heavy atom. The molecule has 0 saturated carbocycles. The van der Waals surface area contributed by atoms with Gasteiger partial charge in [0.15, 0.2) is 5.82 Å². The van der Waals surface area contributed by atoms with Gasteiger partial charge >= 0.3 is 0 Å². The molecular weight excluding hydrogens is 254 g/mol. The van der Waals surface area contributed by atoms with E-state index < -0.39 is 0 Å². The molecule has 6 heteroatoms. The van der Waals surface area contributed by atoms with E-state index in [0.29, 0.717) is 11.4 Å². The maximum absolute atomic E-state index is 12.1. The van der Waals surface area contributed by atoms with E-state index in [1.165, 1.54) is 18.4 Å². The average molecular weight is 273 g/mol. The smallest absolute Gasteiger partial charge is 0.251 e. The first-order valence-corrected chi connectivity index (χ1v) is 6.84. The molecule has 2 aromatic rings. The highest BCUT2D eigenvalue weighted by Crippen LogP contribution is 2.10. The molecule has 6 nitrogen and oxygen atoms in total. The minimum Gasteiger partial charge on any atom is -0.342 e. The summed E-state index contributed by atoms with van der Waals surface area (Å²) in [5.41, 5.74) is 1.90. The van der Waals surface area contributed by atoms with Crippen LogP contribution >= 0.6 is 0 Å². The zero-order valence-corrected chi connectivity index (χ0v) is 11.8. The Bertz CT molecular complexity index is 535. The minimum atomic E-state index is -0.277. The molecule has 0 fully saturated rings. The molecule has 1 aromatic heterocycles. The van der Waals surface area contributed by atoms with E-state index in [1.54, 1.807) is 0 Å². The van der Waals surface area contributed by atoms with Crippen LogP contribution in [-0.4, -0.2) is 26.5 Å². The lowest BCUT2D eigenvalue weighted by Crippen LogP contribution is -2.27. The Kier molecular flexibility index (Phi) is 4.81. The highest BCUT2D eigenvalue weighted by Gasteiger charge is 2.14. The molecule has 0 aliphatic rings. The van der Waals surface area contributed by atoms with Crippen LogP contribution in [0.15, 0.2) is 24.3 Å². The molecule has 0 radical (unpaired) electrons. The topological polar surface area (TPSA) is 83.6 Å². The zero-order valence-electron chi connectivity index (χ0n) is 11.8. The number of unbranched alkanes of at least 4 members (excludes halogenated alkanes) is 1. The Labute approximate surface area is 118 Å². The second-order valence-corrected chi connectivity index (χ2v) is 4.77. The molecule has 1 unspecified atom stereocenters. The van der Waals surface area contributed by atoms with Crippen molar-refractivity contribution < 1.29 is 4.79 Å². The van der Waals surface area contributed by atoms with Crippen molar-refractivity contribution in [2.24, 2.45) is 0 Å². The second kappa shape index (κ2) is 6.79. The maximum Gasteiger partial charge on any atom is 0.251 e. The minimum absolute atomic E-state index is 0.135. The fourth-order valence-corrected chi connectivity index (χ4v) is 1.90. The number of benzene rings is 1. The number of nitrogens with zero attached hydrogens (tertiary/aromatic N) is 3. The van der Waals surface area contributed by atoms with Crippen molar-refractivity contribution >= 4 is 5.91 Å². The standard InChI is InChI=1S/C14H19N5O/c1-3-4-5-11-6-8-12(9-7-11)14(20)15-10(2)13-16-18-19-17-13/h6-10H,3-5H2,1-2H3,(H,15,20)(H,16,17,18,19). The van der Waals surface area contributed by atoms with Crippen molar-refractivity contribution in [2.75, 3.05) is 0 Å². The lowest BCUT2D eigenvalue weighted by atomic mass is 10.1. The summed E-state index contributed by atoms with van der Waals surface area (Å²) in [6.45, 7) is 3.99. The number of aromatic amines is 1. The van der Waals surface area contributed by atoms with Gasteiger partial charge in [0.25, 0.3) is 5.91 Å². The van der Waals surface area contributed by atoms with Crippen LogP contribution < -0.4 is 5.32 Å². The van der Waals surface area contributed by atoms with Crippen LogP contribution in [0.25, 0.3) is 0 Å². The average Bonchev–Trinajstić information content (AvgIpc) is 3.00. The Hall–Kier alpha value is -2.24. The van der Waals surface area contributed by atoms with E-state index in [4.69, 9.17) is 0 Å². The van der Waals surface area contributed by atoms with Crippen LogP contribution in [0, 0.1) is 0 Å². The number of nitrogens with one attached hydrogen (secondary N) is 2. The largest absolute Gasteiger partial charge is 0.342 e. The molecule has 0 aliphatic heterocycles. The lowest BCUT2D eigenvalue weighted by molar-refractivity contribution is 0.0938. The molecule has 2 N–H and O–H groups in total. The quantitative estimate of drug-likeness (QED) is 0.843. The SMILES string of the molecule is CCCCc1ccc(C(=O)NC(C)c2nn[nH]n2)cc1. The predicted octanol–water partition coefficient (Wildman–Crippen LogP) is 2.03. The van der Waals surface area contributed by atoms with Gasteiger partial charge in [0.05, 0.1) is 6.04 Å². The molecule has 0 aliphatic carbocycles. The number of tetrazole rings is 1. The summed E-state index contributed by atoms with van der Waals surface area (Å²) in [5.74, 6) is 0.335. The van der Waals surface area contributed by atoms with Gasteiger partial charge in [-0.2, -0.15) is 5.21 Å². The lowest BCUT2D eigenvalue weighted by Gasteiger charge is -2.10. The molecule has 1 aromatic carbocycles. The first-order chi connectivity index (χ1) is 9.70. The molecule has 106 valence electrons. The van der Waals surface area contributed by atoms with E-state index in [1.807, 2.05) is 31.2 Å². The number of carbonyl (C=O) groups excluding carboxylic acids is 1. The number of H-pyrrole nitrogens is 1. The maximum atomic E-state index is 12.1. The van der Waals surface area contributed by atoms with E-state index in [2.05, 4.69) is 32.9 Å². The van der Waals surface area contributed by atoms with Crippen LogP contribution in [0.3, 0.4) is 0 Å². The van der Waals surface area contributed by atoms with Crippen molar-refractivity contribution in [3.8, 4) is 0 Å². The van der Waals surface area contributed by atoms with Gasteiger partial charge in [-0.1, -0.05) is 30.7 Å². The van der Waals surface area contributed by atoms with Gasteiger partial charge in [-0.25, -0.2) is 0 Å². The predicted molar refractivity (Wildman–Crippen MR) is 75.1 cm³/mol. The normalized spacial score (nSPS) is 12.1. The summed E-state index contributed by atoms with van der Waals surface area (Å²) in [5, 5.41) is 16.4. The summed E-state index contributed by atoms with van der Waals surface area (Å²) in [6, 6.07) is 7.43. The van der Waals surface area contributed by atoms with Crippen LogP contribution in [0.1, 0.15) is 54.5 Å².